The zero-order valence-electron chi connectivity index (χ0n) is 7.27. The monoisotopic (exact) mass is 183 g/mol. The molecule has 0 amide bonds. The van der Waals surface area contributed by atoms with E-state index in [-0.39, 0.29) is 18.1 Å². The van der Waals surface area contributed by atoms with Crippen molar-refractivity contribution in [2.45, 2.75) is 25.3 Å². The summed E-state index contributed by atoms with van der Waals surface area (Å²) in [7, 11) is 0. The molecule has 2 unspecified atom stereocenters. The van der Waals surface area contributed by atoms with Gasteiger partial charge in [-0.3, -0.25) is 9.59 Å². The molecule has 0 aromatic carbocycles. The van der Waals surface area contributed by atoms with Gasteiger partial charge in [0.05, 0.1) is 0 Å². The first-order chi connectivity index (χ1) is 6.11. The Bertz CT molecular complexity index is 247. The first kappa shape index (κ1) is 9.92. The van der Waals surface area contributed by atoms with Crippen molar-refractivity contribution in [3.05, 3.63) is 12.2 Å². The number of nitrogens with two attached hydrogens (primary N) is 1. The predicted octanol–water partition coefficient (Wildman–Crippen LogP) is 0.324. The Labute approximate surface area is 76.4 Å². The van der Waals surface area contributed by atoms with Crippen molar-refractivity contribution in [1.29, 1.82) is 0 Å². The molecule has 1 rings (SSSR count). The molecule has 4 nitrogen and oxygen atoms in total. The van der Waals surface area contributed by atoms with Gasteiger partial charge < -0.3 is 10.8 Å². The lowest BCUT2D eigenvalue weighted by Crippen LogP contribution is -2.34. The number of aliphatic carboxylic acids is 1. The molecule has 13 heavy (non-hydrogen) atoms. The van der Waals surface area contributed by atoms with Crippen molar-refractivity contribution >= 4 is 11.8 Å². The van der Waals surface area contributed by atoms with Crippen molar-refractivity contribution in [2.24, 2.45) is 11.7 Å². The van der Waals surface area contributed by atoms with Crippen molar-refractivity contribution in [2.75, 3.05) is 0 Å². The van der Waals surface area contributed by atoms with Crippen LogP contribution in [0.3, 0.4) is 0 Å². The van der Waals surface area contributed by atoms with Gasteiger partial charge in [0, 0.05) is 5.92 Å². The molecule has 3 N–H and O–H groups in total. The van der Waals surface area contributed by atoms with Gasteiger partial charge in [-0.15, -0.1) is 0 Å². The number of allylic oxidation sites excluding steroid dienone is 2. The van der Waals surface area contributed by atoms with Gasteiger partial charge in [-0.2, -0.15) is 0 Å². The second-order valence-corrected chi connectivity index (χ2v) is 3.26. The Morgan fingerprint density at radius 2 is 2.46 bits per heavy atom. The van der Waals surface area contributed by atoms with Crippen molar-refractivity contribution in [3.8, 4) is 0 Å². The van der Waals surface area contributed by atoms with Crippen LogP contribution in [0, 0.1) is 5.92 Å². The molecule has 0 radical (unpaired) electrons. The van der Waals surface area contributed by atoms with Gasteiger partial charge in [-0.05, 0) is 25.3 Å². The normalized spacial score (nSPS) is 24.4. The van der Waals surface area contributed by atoms with Crippen LogP contribution in [0.4, 0.5) is 0 Å². The van der Waals surface area contributed by atoms with E-state index < -0.39 is 12.0 Å². The zero-order valence-corrected chi connectivity index (χ0v) is 7.27. The van der Waals surface area contributed by atoms with Crippen LogP contribution < -0.4 is 5.73 Å². The quantitative estimate of drug-likeness (QED) is 0.660. The Morgan fingerprint density at radius 3 is 3.00 bits per heavy atom. The van der Waals surface area contributed by atoms with Crippen molar-refractivity contribution in [3.63, 3.8) is 0 Å². The Hall–Kier alpha value is -1.16. The molecule has 0 aromatic rings. The van der Waals surface area contributed by atoms with Gasteiger partial charge in [0.15, 0.2) is 5.78 Å². The zero-order chi connectivity index (χ0) is 9.84. The number of carbonyl (C=O) groups is 2. The third-order valence-electron chi connectivity index (χ3n) is 2.22. The number of carboxylic acid groups (broad SMARTS) is 1. The van der Waals surface area contributed by atoms with Crippen LogP contribution in [0.15, 0.2) is 12.2 Å². The summed E-state index contributed by atoms with van der Waals surface area (Å²) in [6.45, 7) is 0. The molecule has 0 aromatic heterocycles. The smallest absolute Gasteiger partial charge is 0.320 e. The van der Waals surface area contributed by atoms with Gasteiger partial charge in [0.1, 0.15) is 6.04 Å². The molecule has 4 heteroatoms. The minimum absolute atomic E-state index is 0.00273. The lowest BCUT2D eigenvalue weighted by atomic mass is 9.88. The minimum Gasteiger partial charge on any atom is -0.480 e. The Morgan fingerprint density at radius 1 is 1.77 bits per heavy atom. The molecular formula is C9H13NO3. The molecule has 0 saturated heterocycles. The van der Waals surface area contributed by atoms with Crippen LogP contribution in [0.2, 0.25) is 0 Å². The SMILES string of the molecule is NC(CC1CCC=CC1=O)C(=O)O. The average molecular weight is 183 g/mol. The van der Waals surface area contributed by atoms with Gasteiger partial charge in [0.2, 0.25) is 0 Å². The molecule has 0 fully saturated rings. The molecule has 72 valence electrons. The summed E-state index contributed by atoms with van der Waals surface area (Å²) >= 11 is 0. The molecule has 2 atom stereocenters. The summed E-state index contributed by atoms with van der Waals surface area (Å²) in [4.78, 5) is 21.6. The van der Waals surface area contributed by atoms with E-state index in [1.807, 2.05) is 6.08 Å². The highest BCUT2D eigenvalue weighted by Crippen LogP contribution is 2.19. The van der Waals surface area contributed by atoms with Gasteiger partial charge in [0.25, 0.3) is 0 Å². The third kappa shape index (κ3) is 2.66. The number of ketones is 1. The summed E-state index contributed by atoms with van der Waals surface area (Å²) in [6.07, 6.45) is 5.13. The molecule has 0 saturated carbocycles. The predicted molar refractivity (Wildman–Crippen MR) is 47.1 cm³/mol. The molecule has 0 bridgehead atoms. The van der Waals surface area contributed by atoms with Crippen molar-refractivity contribution in [1.82, 2.24) is 0 Å². The lowest BCUT2D eigenvalue weighted by Gasteiger charge is -2.18. The summed E-state index contributed by atoms with van der Waals surface area (Å²) in [6, 6.07) is -0.916. The van der Waals surface area contributed by atoms with E-state index in [4.69, 9.17) is 10.8 Å². The van der Waals surface area contributed by atoms with Crippen molar-refractivity contribution < 1.29 is 14.7 Å². The van der Waals surface area contributed by atoms with Crippen LogP contribution in [-0.2, 0) is 9.59 Å². The first-order valence-electron chi connectivity index (χ1n) is 4.30. The van der Waals surface area contributed by atoms with Crippen LogP contribution in [-0.4, -0.2) is 22.9 Å². The third-order valence-corrected chi connectivity index (χ3v) is 2.22. The lowest BCUT2D eigenvalue weighted by molar-refractivity contribution is -0.139. The number of hydrogen-bond acceptors (Lipinski definition) is 3. The van der Waals surface area contributed by atoms with E-state index in [1.165, 1.54) is 6.08 Å². The number of carbonyl (C=O) groups excluding carboxylic acids is 1. The van der Waals surface area contributed by atoms with E-state index in [0.29, 0.717) is 0 Å². The highest BCUT2D eigenvalue weighted by atomic mass is 16.4. The van der Waals surface area contributed by atoms with E-state index in [2.05, 4.69) is 0 Å². The molecule has 0 aliphatic heterocycles. The largest absolute Gasteiger partial charge is 0.480 e. The average Bonchev–Trinajstić information content (AvgIpc) is 2.08. The number of hydrogen-bond donors (Lipinski definition) is 2. The van der Waals surface area contributed by atoms with Crippen LogP contribution in [0.25, 0.3) is 0 Å². The molecule has 0 spiro atoms. The highest BCUT2D eigenvalue weighted by molar-refractivity contribution is 5.92. The maximum Gasteiger partial charge on any atom is 0.320 e. The second kappa shape index (κ2) is 4.18. The standard InChI is InChI=1S/C9H13NO3/c10-7(9(12)13)5-6-3-1-2-4-8(6)11/h2,4,6-7H,1,3,5,10H2,(H,12,13). The van der Waals surface area contributed by atoms with Gasteiger partial charge >= 0.3 is 5.97 Å². The van der Waals surface area contributed by atoms with E-state index in [9.17, 15) is 9.59 Å². The number of rotatable bonds is 3. The summed E-state index contributed by atoms with van der Waals surface area (Å²) < 4.78 is 0. The minimum atomic E-state index is -1.04. The van der Waals surface area contributed by atoms with Gasteiger partial charge in [-0.25, -0.2) is 0 Å². The number of carboxylic acids is 1. The van der Waals surface area contributed by atoms with E-state index >= 15 is 0 Å². The van der Waals surface area contributed by atoms with Crippen LogP contribution >= 0.6 is 0 Å². The highest BCUT2D eigenvalue weighted by Gasteiger charge is 2.24. The maximum absolute atomic E-state index is 11.2. The first-order valence-corrected chi connectivity index (χ1v) is 4.30. The van der Waals surface area contributed by atoms with Crippen LogP contribution in [0.1, 0.15) is 19.3 Å². The molecule has 0 heterocycles. The fraction of sp³-hybridized carbons (Fsp3) is 0.556. The van der Waals surface area contributed by atoms with Crippen LogP contribution in [0.5, 0.6) is 0 Å². The van der Waals surface area contributed by atoms with E-state index in [0.717, 1.165) is 12.8 Å². The Balaban J connectivity index is 2.49. The summed E-state index contributed by atoms with van der Waals surface area (Å²) in [5.41, 5.74) is 5.33. The topological polar surface area (TPSA) is 80.4 Å². The van der Waals surface area contributed by atoms with E-state index in [1.54, 1.807) is 0 Å². The molecule has 1 aliphatic rings. The Kier molecular flexibility index (Phi) is 3.19. The fourth-order valence-corrected chi connectivity index (χ4v) is 1.42. The van der Waals surface area contributed by atoms with Gasteiger partial charge in [-0.1, -0.05) is 6.08 Å². The molecule has 1 aliphatic carbocycles. The summed E-state index contributed by atoms with van der Waals surface area (Å²) in [5, 5.41) is 8.54. The summed E-state index contributed by atoms with van der Waals surface area (Å²) in [5.74, 6) is -1.23. The fourth-order valence-electron chi connectivity index (χ4n) is 1.42. The molecular weight excluding hydrogens is 170 g/mol. The second-order valence-electron chi connectivity index (χ2n) is 3.26. The maximum atomic E-state index is 11.2.